The van der Waals surface area contributed by atoms with Gasteiger partial charge >= 0.3 is 0 Å². The Morgan fingerprint density at radius 2 is 2.38 bits per heavy atom. The van der Waals surface area contributed by atoms with Crippen molar-refractivity contribution in [3.63, 3.8) is 0 Å². The Bertz CT molecular complexity index is 877. The van der Waals surface area contributed by atoms with E-state index in [1.807, 2.05) is 31.3 Å². The predicted molar refractivity (Wildman–Crippen MR) is 84.0 cm³/mol. The molecule has 0 aromatic carbocycles. The molecule has 4 rings (SSSR count). The standard InChI is InChI=1S/C16H18N6O2/c1-10-3-12(24-20-10)4-15(23)22-7-13(11-5-19-21(2)6-11)16-14(8-22)17-9-18-16/h3,5-6,9,13H,4,7-8H2,1-2H3,(H,17,18). The van der Waals surface area contributed by atoms with Crippen LogP contribution >= 0.6 is 0 Å². The van der Waals surface area contributed by atoms with Crippen LogP contribution < -0.4 is 0 Å². The average molecular weight is 326 g/mol. The number of nitrogens with one attached hydrogen (secondary N) is 1. The van der Waals surface area contributed by atoms with Crippen molar-refractivity contribution in [2.75, 3.05) is 6.54 Å². The van der Waals surface area contributed by atoms with Gasteiger partial charge in [-0.2, -0.15) is 5.10 Å². The number of aromatic amines is 1. The zero-order chi connectivity index (χ0) is 16.7. The number of rotatable bonds is 3. The minimum Gasteiger partial charge on any atom is -0.361 e. The zero-order valence-corrected chi connectivity index (χ0v) is 13.6. The average Bonchev–Trinajstić information content (AvgIpc) is 3.27. The molecule has 0 saturated heterocycles. The molecule has 4 heterocycles. The number of aryl methyl sites for hydroxylation is 2. The Labute approximate surface area is 138 Å². The summed E-state index contributed by atoms with van der Waals surface area (Å²) in [7, 11) is 1.88. The normalized spacial score (nSPS) is 17.1. The molecule has 1 amide bonds. The summed E-state index contributed by atoms with van der Waals surface area (Å²) in [5, 5.41) is 8.08. The van der Waals surface area contributed by atoms with Crippen LogP contribution in [0.15, 0.2) is 29.3 Å². The molecule has 3 aromatic rings. The Morgan fingerprint density at radius 1 is 1.50 bits per heavy atom. The fraction of sp³-hybridized carbons (Fsp3) is 0.375. The second kappa shape index (κ2) is 5.63. The highest BCUT2D eigenvalue weighted by Crippen LogP contribution is 2.31. The summed E-state index contributed by atoms with van der Waals surface area (Å²) in [6.07, 6.45) is 5.69. The maximum Gasteiger partial charge on any atom is 0.230 e. The van der Waals surface area contributed by atoms with Gasteiger partial charge < -0.3 is 14.4 Å². The molecule has 0 fully saturated rings. The van der Waals surface area contributed by atoms with Gasteiger partial charge in [0.2, 0.25) is 5.91 Å². The number of amides is 1. The van der Waals surface area contributed by atoms with Crippen molar-refractivity contribution in [1.82, 2.24) is 29.8 Å². The van der Waals surface area contributed by atoms with Crippen molar-refractivity contribution in [2.45, 2.75) is 25.8 Å². The lowest BCUT2D eigenvalue weighted by Gasteiger charge is -2.31. The molecule has 3 aromatic heterocycles. The van der Waals surface area contributed by atoms with E-state index in [1.165, 1.54) is 0 Å². The van der Waals surface area contributed by atoms with Gasteiger partial charge in [-0.3, -0.25) is 9.48 Å². The SMILES string of the molecule is Cc1cc(CC(=O)N2Cc3[nH]cnc3C(c3cnn(C)c3)C2)on1. The maximum absolute atomic E-state index is 12.7. The van der Waals surface area contributed by atoms with Gasteiger partial charge in [-0.15, -0.1) is 0 Å². The first-order chi connectivity index (χ1) is 11.6. The number of hydrogen-bond donors (Lipinski definition) is 1. The van der Waals surface area contributed by atoms with Gasteiger partial charge in [-0.05, 0) is 6.92 Å². The number of hydrogen-bond acceptors (Lipinski definition) is 5. The molecule has 24 heavy (non-hydrogen) atoms. The van der Waals surface area contributed by atoms with Crippen molar-refractivity contribution >= 4 is 5.91 Å². The molecule has 1 unspecified atom stereocenters. The van der Waals surface area contributed by atoms with Crippen molar-refractivity contribution in [2.24, 2.45) is 7.05 Å². The lowest BCUT2D eigenvalue weighted by Crippen LogP contribution is -2.39. The van der Waals surface area contributed by atoms with E-state index in [-0.39, 0.29) is 18.2 Å². The van der Waals surface area contributed by atoms with E-state index >= 15 is 0 Å². The van der Waals surface area contributed by atoms with E-state index < -0.39 is 0 Å². The van der Waals surface area contributed by atoms with E-state index in [2.05, 4.69) is 20.2 Å². The molecule has 0 spiro atoms. The molecule has 1 atom stereocenters. The molecule has 1 aliphatic rings. The fourth-order valence-electron chi connectivity index (χ4n) is 3.15. The summed E-state index contributed by atoms with van der Waals surface area (Å²) in [5.41, 5.74) is 3.79. The number of fused-ring (bicyclic) bond motifs is 1. The van der Waals surface area contributed by atoms with E-state index in [9.17, 15) is 4.79 Å². The summed E-state index contributed by atoms with van der Waals surface area (Å²) in [5.74, 6) is 0.625. The summed E-state index contributed by atoms with van der Waals surface area (Å²) < 4.78 is 6.93. The zero-order valence-electron chi connectivity index (χ0n) is 13.6. The predicted octanol–water partition coefficient (Wildman–Crippen LogP) is 1.16. The number of imidazole rings is 1. The lowest BCUT2D eigenvalue weighted by molar-refractivity contribution is -0.132. The lowest BCUT2D eigenvalue weighted by atomic mass is 9.93. The van der Waals surface area contributed by atoms with Crippen LogP contribution in [0.1, 0.15) is 34.3 Å². The van der Waals surface area contributed by atoms with Crippen molar-refractivity contribution < 1.29 is 9.32 Å². The Morgan fingerprint density at radius 3 is 3.08 bits per heavy atom. The van der Waals surface area contributed by atoms with E-state index in [1.54, 1.807) is 17.1 Å². The van der Waals surface area contributed by atoms with Crippen LogP contribution in [0.2, 0.25) is 0 Å². The first-order valence-electron chi connectivity index (χ1n) is 7.81. The molecular formula is C16H18N6O2. The number of carbonyl (C=O) groups excluding carboxylic acids is 1. The summed E-state index contributed by atoms with van der Waals surface area (Å²) in [6.45, 7) is 2.95. The third kappa shape index (κ3) is 2.60. The smallest absolute Gasteiger partial charge is 0.230 e. The van der Waals surface area contributed by atoms with Gasteiger partial charge in [0.1, 0.15) is 5.76 Å². The largest absolute Gasteiger partial charge is 0.361 e. The van der Waals surface area contributed by atoms with E-state index in [4.69, 9.17) is 4.52 Å². The Hall–Kier alpha value is -2.90. The third-order valence-electron chi connectivity index (χ3n) is 4.32. The molecule has 0 saturated carbocycles. The van der Waals surface area contributed by atoms with Crippen LogP contribution in [0.3, 0.4) is 0 Å². The second-order valence-electron chi connectivity index (χ2n) is 6.15. The van der Waals surface area contributed by atoms with Crippen LogP contribution in [0.5, 0.6) is 0 Å². The Balaban J connectivity index is 1.58. The van der Waals surface area contributed by atoms with Gasteiger partial charge in [0.15, 0.2) is 0 Å². The van der Waals surface area contributed by atoms with Crippen LogP contribution in [-0.2, 0) is 24.8 Å². The van der Waals surface area contributed by atoms with Crippen molar-refractivity contribution in [3.8, 4) is 0 Å². The number of carbonyl (C=O) groups is 1. The third-order valence-corrected chi connectivity index (χ3v) is 4.32. The minimum atomic E-state index is 0.0142. The number of H-pyrrole nitrogens is 1. The van der Waals surface area contributed by atoms with Crippen LogP contribution in [-0.4, -0.2) is 42.3 Å². The van der Waals surface area contributed by atoms with Gasteiger partial charge in [0.25, 0.3) is 0 Å². The summed E-state index contributed by atoms with van der Waals surface area (Å²) in [4.78, 5) is 22.1. The first kappa shape index (κ1) is 14.7. The second-order valence-corrected chi connectivity index (χ2v) is 6.15. The highest BCUT2D eigenvalue weighted by molar-refractivity contribution is 5.78. The fourth-order valence-corrected chi connectivity index (χ4v) is 3.15. The monoisotopic (exact) mass is 326 g/mol. The number of aromatic nitrogens is 5. The van der Waals surface area contributed by atoms with Gasteiger partial charge in [0.05, 0.1) is 42.6 Å². The van der Waals surface area contributed by atoms with E-state index in [0.717, 1.165) is 22.6 Å². The quantitative estimate of drug-likeness (QED) is 0.779. The molecule has 0 aliphatic carbocycles. The summed E-state index contributed by atoms with van der Waals surface area (Å²) in [6, 6.07) is 1.79. The molecule has 0 radical (unpaired) electrons. The Kier molecular flexibility index (Phi) is 3.44. The highest BCUT2D eigenvalue weighted by Gasteiger charge is 2.32. The molecular weight excluding hydrogens is 308 g/mol. The maximum atomic E-state index is 12.7. The topological polar surface area (TPSA) is 92.8 Å². The summed E-state index contributed by atoms with van der Waals surface area (Å²) >= 11 is 0. The molecule has 8 heteroatoms. The molecule has 1 aliphatic heterocycles. The molecule has 0 bridgehead atoms. The van der Waals surface area contributed by atoms with Gasteiger partial charge in [-0.1, -0.05) is 5.16 Å². The van der Waals surface area contributed by atoms with E-state index in [0.29, 0.717) is 18.8 Å². The van der Waals surface area contributed by atoms with Crippen LogP contribution in [0.4, 0.5) is 0 Å². The van der Waals surface area contributed by atoms with Crippen LogP contribution in [0, 0.1) is 6.92 Å². The number of nitrogens with zero attached hydrogens (tertiary/aromatic N) is 5. The van der Waals surface area contributed by atoms with Crippen LogP contribution in [0.25, 0.3) is 0 Å². The van der Waals surface area contributed by atoms with Crippen molar-refractivity contribution in [3.05, 3.63) is 53.2 Å². The minimum absolute atomic E-state index is 0.0142. The molecule has 8 nitrogen and oxygen atoms in total. The first-order valence-corrected chi connectivity index (χ1v) is 7.81. The van der Waals surface area contributed by atoms with Gasteiger partial charge in [0, 0.05) is 37.3 Å². The molecule has 124 valence electrons. The highest BCUT2D eigenvalue weighted by atomic mass is 16.5. The van der Waals surface area contributed by atoms with Crippen molar-refractivity contribution in [1.29, 1.82) is 0 Å². The molecule has 1 N–H and O–H groups in total. The van der Waals surface area contributed by atoms with Gasteiger partial charge in [-0.25, -0.2) is 4.98 Å².